The van der Waals surface area contributed by atoms with E-state index >= 15 is 0 Å². The summed E-state index contributed by atoms with van der Waals surface area (Å²) in [6.45, 7) is 6.58. The van der Waals surface area contributed by atoms with Crippen LogP contribution in [0, 0.1) is 5.92 Å². The molecule has 98 valence electrons. The Morgan fingerprint density at radius 1 is 1.28 bits per heavy atom. The van der Waals surface area contributed by atoms with Gasteiger partial charge in [-0.1, -0.05) is 35.8 Å². The molecule has 0 aliphatic carbocycles. The number of hydrogen-bond acceptors (Lipinski definition) is 1. The lowest BCUT2D eigenvalue weighted by Crippen LogP contribution is -2.10. The molecule has 2 aromatic rings. The summed E-state index contributed by atoms with van der Waals surface area (Å²) in [7, 11) is 4.23. The van der Waals surface area contributed by atoms with E-state index in [1.807, 2.05) is 0 Å². The molecular formula is C15H21BrN2. The first-order valence-electron chi connectivity index (χ1n) is 6.39. The van der Waals surface area contributed by atoms with E-state index in [1.165, 1.54) is 16.5 Å². The zero-order valence-corrected chi connectivity index (χ0v) is 13.2. The quantitative estimate of drug-likeness (QED) is 0.825. The van der Waals surface area contributed by atoms with Crippen molar-refractivity contribution in [2.75, 3.05) is 14.1 Å². The molecule has 0 unspecified atom stereocenters. The van der Waals surface area contributed by atoms with Crippen LogP contribution in [0.4, 0.5) is 0 Å². The predicted molar refractivity (Wildman–Crippen MR) is 81.9 cm³/mol. The smallest absolute Gasteiger partial charge is 0.0495 e. The van der Waals surface area contributed by atoms with E-state index in [1.54, 1.807) is 0 Å². The zero-order valence-electron chi connectivity index (χ0n) is 11.6. The van der Waals surface area contributed by atoms with Gasteiger partial charge in [-0.2, -0.15) is 0 Å². The molecule has 3 heteroatoms. The second-order valence-corrected chi connectivity index (χ2v) is 6.52. The van der Waals surface area contributed by atoms with Crippen LogP contribution in [-0.2, 0) is 13.1 Å². The standard InChI is InChI=1S/C15H21BrN2/c1-11(2)8-18-10-12(9-17(3)4)14-6-5-13(16)7-15(14)18/h5-7,10-11H,8-9H2,1-4H3. The van der Waals surface area contributed by atoms with Gasteiger partial charge in [0.2, 0.25) is 0 Å². The molecule has 2 rings (SSSR count). The van der Waals surface area contributed by atoms with Gasteiger partial charge in [-0.3, -0.25) is 0 Å². The van der Waals surface area contributed by atoms with Crippen molar-refractivity contribution in [3.8, 4) is 0 Å². The van der Waals surface area contributed by atoms with Crippen molar-refractivity contribution in [1.29, 1.82) is 0 Å². The van der Waals surface area contributed by atoms with Gasteiger partial charge in [-0.05, 0) is 37.7 Å². The van der Waals surface area contributed by atoms with Crippen molar-refractivity contribution in [3.63, 3.8) is 0 Å². The zero-order chi connectivity index (χ0) is 13.3. The number of halogens is 1. The molecule has 0 radical (unpaired) electrons. The first-order valence-corrected chi connectivity index (χ1v) is 7.18. The summed E-state index contributed by atoms with van der Waals surface area (Å²) in [4.78, 5) is 2.22. The van der Waals surface area contributed by atoms with Gasteiger partial charge in [0.25, 0.3) is 0 Å². The van der Waals surface area contributed by atoms with Crippen LogP contribution in [0.5, 0.6) is 0 Å². The van der Waals surface area contributed by atoms with Crippen molar-refractivity contribution < 1.29 is 0 Å². The minimum atomic E-state index is 0.659. The molecule has 1 aromatic carbocycles. The molecule has 0 amide bonds. The average Bonchev–Trinajstić information content (AvgIpc) is 2.54. The van der Waals surface area contributed by atoms with Crippen LogP contribution in [-0.4, -0.2) is 23.6 Å². The fourth-order valence-corrected chi connectivity index (χ4v) is 2.70. The maximum atomic E-state index is 3.57. The summed E-state index contributed by atoms with van der Waals surface area (Å²) >= 11 is 3.57. The van der Waals surface area contributed by atoms with Crippen molar-refractivity contribution in [3.05, 3.63) is 34.4 Å². The Morgan fingerprint density at radius 3 is 2.61 bits per heavy atom. The summed E-state index contributed by atoms with van der Waals surface area (Å²) in [5.41, 5.74) is 2.73. The first-order chi connectivity index (χ1) is 8.47. The number of hydrogen-bond donors (Lipinski definition) is 0. The minimum absolute atomic E-state index is 0.659. The van der Waals surface area contributed by atoms with E-state index in [9.17, 15) is 0 Å². The third-order valence-electron chi connectivity index (χ3n) is 2.98. The van der Waals surface area contributed by atoms with Gasteiger partial charge in [0.1, 0.15) is 0 Å². The van der Waals surface area contributed by atoms with E-state index < -0.39 is 0 Å². The molecule has 0 saturated heterocycles. The highest BCUT2D eigenvalue weighted by Crippen LogP contribution is 2.26. The number of benzene rings is 1. The number of aromatic nitrogens is 1. The molecule has 0 N–H and O–H groups in total. The van der Waals surface area contributed by atoms with Crippen LogP contribution in [0.3, 0.4) is 0 Å². The van der Waals surface area contributed by atoms with Gasteiger partial charge in [-0.15, -0.1) is 0 Å². The van der Waals surface area contributed by atoms with Crippen molar-refractivity contribution in [2.45, 2.75) is 26.9 Å². The fraction of sp³-hybridized carbons (Fsp3) is 0.467. The molecule has 0 bridgehead atoms. The Bertz CT molecular complexity index is 541. The molecule has 0 atom stereocenters. The van der Waals surface area contributed by atoms with Crippen LogP contribution < -0.4 is 0 Å². The highest BCUT2D eigenvalue weighted by molar-refractivity contribution is 9.10. The highest BCUT2D eigenvalue weighted by atomic mass is 79.9. The van der Waals surface area contributed by atoms with Gasteiger partial charge >= 0.3 is 0 Å². The normalized spacial score (nSPS) is 11.9. The Morgan fingerprint density at radius 2 is 2.00 bits per heavy atom. The molecule has 0 aliphatic heterocycles. The molecular weight excluding hydrogens is 288 g/mol. The monoisotopic (exact) mass is 308 g/mol. The Labute approximate surface area is 118 Å². The van der Waals surface area contributed by atoms with Crippen LogP contribution in [0.25, 0.3) is 10.9 Å². The Hall–Kier alpha value is -0.800. The molecule has 0 spiro atoms. The largest absolute Gasteiger partial charge is 0.347 e. The number of rotatable bonds is 4. The molecule has 0 saturated carbocycles. The number of nitrogens with zero attached hydrogens (tertiary/aromatic N) is 2. The van der Waals surface area contributed by atoms with Gasteiger partial charge in [0.05, 0.1) is 0 Å². The third-order valence-corrected chi connectivity index (χ3v) is 3.47. The van der Waals surface area contributed by atoms with Crippen molar-refractivity contribution in [2.24, 2.45) is 5.92 Å². The highest BCUT2D eigenvalue weighted by Gasteiger charge is 2.10. The second-order valence-electron chi connectivity index (χ2n) is 5.60. The summed E-state index contributed by atoms with van der Waals surface area (Å²) in [5.74, 6) is 0.659. The second kappa shape index (κ2) is 5.45. The first kappa shape index (κ1) is 13.6. The number of fused-ring (bicyclic) bond motifs is 1. The topological polar surface area (TPSA) is 8.17 Å². The van der Waals surface area contributed by atoms with Crippen LogP contribution in [0.2, 0.25) is 0 Å². The van der Waals surface area contributed by atoms with E-state index in [-0.39, 0.29) is 0 Å². The van der Waals surface area contributed by atoms with Crippen molar-refractivity contribution >= 4 is 26.8 Å². The summed E-state index contributed by atoms with van der Waals surface area (Å²) < 4.78 is 3.53. The SMILES string of the molecule is CC(C)Cn1cc(CN(C)C)c2ccc(Br)cc21. The van der Waals surface area contributed by atoms with E-state index in [4.69, 9.17) is 0 Å². The summed E-state index contributed by atoms with van der Waals surface area (Å²) in [6.07, 6.45) is 2.30. The van der Waals surface area contributed by atoms with Crippen LogP contribution in [0.15, 0.2) is 28.9 Å². The van der Waals surface area contributed by atoms with Crippen LogP contribution in [0.1, 0.15) is 19.4 Å². The summed E-state index contributed by atoms with van der Waals surface area (Å²) in [5, 5.41) is 1.37. The average molecular weight is 309 g/mol. The van der Waals surface area contributed by atoms with Gasteiger partial charge in [0.15, 0.2) is 0 Å². The summed E-state index contributed by atoms with van der Waals surface area (Å²) in [6, 6.07) is 6.56. The molecule has 0 aliphatic rings. The molecule has 0 fully saturated rings. The van der Waals surface area contributed by atoms with E-state index in [0.717, 1.165) is 17.6 Å². The van der Waals surface area contributed by atoms with E-state index in [2.05, 4.69) is 77.7 Å². The molecule has 1 heterocycles. The molecule has 2 nitrogen and oxygen atoms in total. The van der Waals surface area contributed by atoms with Gasteiger partial charge in [0, 0.05) is 34.7 Å². The lowest BCUT2D eigenvalue weighted by Gasteiger charge is -2.08. The third kappa shape index (κ3) is 2.96. The maximum Gasteiger partial charge on any atom is 0.0495 e. The predicted octanol–water partition coefficient (Wildman–Crippen LogP) is 4.12. The lowest BCUT2D eigenvalue weighted by atomic mass is 10.1. The Balaban J connectivity index is 2.52. The Kier molecular flexibility index (Phi) is 4.13. The van der Waals surface area contributed by atoms with Crippen LogP contribution >= 0.6 is 15.9 Å². The molecule has 1 aromatic heterocycles. The molecule has 18 heavy (non-hydrogen) atoms. The van der Waals surface area contributed by atoms with Crippen molar-refractivity contribution in [1.82, 2.24) is 9.47 Å². The lowest BCUT2D eigenvalue weighted by molar-refractivity contribution is 0.403. The minimum Gasteiger partial charge on any atom is -0.347 e. The maximum absolute atomic E-state index is 3.57. The van der Waals surface area contributed by atoms with Gasteiger partial charge in [-0.25, -0.2) is 0 Å². The fourth-order valence-electron chi connectivity index (χ4n) is 2.35. The van der Waals surface area contributed by atoms with E-state index in [0.29, 0.717) is 5.92 Å². The van der Waals surface area contributed by atoms with Gasteiger partial charge < -0.3 is 9.47 Å².